The Morgan fingerprint density at radius 3 is 2.50 bits per heavy atom. The fourth-order valence-electron chi connectivity index (χ4n) is 4.31. The summed E-state index contributed by atoms with van der Waals surface area (Å²) in [6.07, 6.45) is 0. The van der Waals surface area contributed by atoms with Crippen LogP contribution in [0.5, 0.6) is 11.5 Å². The molecule has 3 aromatic carbocycles. The number of aryl methyl sites for hydroxylation is 1. The molecule has 5 rings (SSSR count). The van der Waals surface area contributed by atoms with Crippen LogP contribution in [-0.4, -0.2) is 36.0 Å². The first-order valence-corrected chi connectivity index (χ1v) is 11.8. The van der Waals surface area contributed by atoms with Crippen LogP contribution < -0.4 is 14.4 Å². The standard InChI is InChI=1S/C27H21FN2O5S/c1-14-7-9-15(10-8-14)23(31)21-22(17-5-4-6-19(34-2)25(17)35-3)30(26(33)24(21)32)27-29-18-12-11-16(28)13-20(18)36-27/h4-13,22,31H,1-3H3/b23-21+/t22-/m0/s1. The van der Waals surface area contributed by atoms with E-state index in [1.165, 1.54) is 37.3 Å². The van der Waals surface area contributed by atoms with E-state index in [4.69, 9.17) is 9.47 Å². The van der Waals surface area contributed by atoms with Gasteiger partial charge in [-0.3, -0.25) is 14.5 Å². The van der Waals surface area contributed by atoms with Crippen LogP contribution in [0.15, 0.2) is 66.2 Å². The van der Waals surface area contributed by atoms with Crippen molar-refractivity contribution in [2.24, 2.45) is 0 Å². The number of methoxy groups -OCH3 is 2. The van der Waals surface area contributed by atoms with Crippen LogP contribution in [0.1, 0.15) is 22.7 Å². The number of hydrogen-bond acceptors (Lipinski definition) is 7. The van der Waals surface area contributed by atoms with Gasteiger partial charge in [-0.05, 0) is 31.2 Å². The van der Waals surface area contributed by atoms with Crippen molar-refractivity contribution in [3.05, 3.63) is 88.7 Å². The molecule has 9 heteroatoms. The van der Waals surface area contributed by atoms with Gasteiger partial charge in [0.1, 0.15) is 17.6 Å². The molecule has 1 aliphatic heterocycles. The number of aliphatic hydroxyl groups excluding tert-OH is 1. The Hall–Kier alpha value is -4.24. The summed E-state index contributed by atoms with van der Waals surface area (Å²) in [6, 6.07) is 15.1. The Kier molecular flexibility index (Phi) is 5.93. The molecule has 7 nitrogen and oxygen atoms in total. The number of fused-ring (bicyclic) bond motifs is 1. The van der Waals surface area contributed by atoms with Crippen LogP contribution in [0.2, 0.25) is 0 Å². The molecule has 1 N–H and O–H groups in total. The number of aromatic nitrogens is 1. The normalized spacial score (nSPS) is 17.1. The molecule has 1 atom stereocenters. The molecule has 182 valence electrons. The number of carbonyl (C=O) groups is 2. The molecule has 1 aliphatic rings. The van der Waals surface area contributed by atoms with Crippen molar-refractivity contribution in [1.29, 1.82) is 0 Å². The molecule has 0 spiro atoms. The maximum absolute atomic E-state index is 13.8. The van der Waals surface area contributed by atoms with Gasteiger partial charge in [0.25, 0.3) is 5.78 Å². The molecular weight excluding hydrogens is 483 g/mol. The fraction of sp³-hybridized carbons (Fsp3) is 0.148. The van der Waals surface area contributed by atoms with Crippen LogP contribution >= 0.6 is 11.3 Å². The highest BCUT2D eigenvalue weighted by atomic mass is 32.1. The van der Waals surface area contributed by atoms with Gasteiger partial charge in [-0.25, -0.2) is 9.37 Å². The number of rotatable bonds is 5. The Morgan fingerprint density at radius 1 is 1.06 bits per heavy atom. The highest BCUT2D eigenvalue weighted by Gasteiger charge is 2.49. The number of amides is 1. The number of aliphatic hydroxyl groups is 1. The fourth-order valence-corrected chi connectivity index (χ4v) is 5.32. The molecule has 0 saturated carbocycles. The summed E-state index contributed by atoms with van der Waals surface area (Å²) in [6.45, 7) is 1.90. The zero-order valence-electron chi connectivity index (χ0n) is 19.6. The monoisotopic (exact) mass is 504 g/mol. The predicted octanol–water partition coefficient (Wildman–Crippen LogP) is 5.39. The zero-order valence-corrected chi connectivity index (χ0v) is 20.4. The molecule has 2 heterocycles. The van der Waals surface area contributed by atoms with Crippen molar-refractivity contribution < 1.29 is 28.6 Å². The van der Waals surface area contributed by atoms with Gasteiger partial charge in [-0.15, -0.1) is 0 Å². The number of hydrogen-bond donors (Lipinski definition) is 1. The second kappa shape index (κ2) is 9.09. The van der Waals surface area contributed by atoms with Crippen molar-refractivity contribution in [2.45, 2.75) is 13.0 Å². The van der Waals surface area contributed by atoms with E-state index in [9.17, 15) is 19.1 Å². The smallest absolute Gasteiger partial charge is 0.301 e. The summed E-state index contributed by atoms with van der Waals surface area (Å²) < 4.78 is 25.4. The quantitative estimate of drug-likeness (QED) is 0.223. The molecule has 0 unspecified atom stereocenters. The van der Waals surface area contributed by atoms with E-state index in [0.717, 1.165) is 16.9 Å². The number of benzene rings is 3. The summed E-state index contributed by atoms with van der Waals surface area (Å²) in [5.74, 6) is -1.80. The minimum atomic E-state index is -1.07. The van der Waals surface area contributed by atoms with Gasteiger partial charge in [0.05, 0.1) is 30.0 Å². The molecule has 36 heavy (non-hydrogen) atoms. The van der Waals surface area contributed by atoms with Crippen molar-refractivity contribution >= 4 is 44.1 Å². The molecule has 1 fully saturated rings. The van der Waals surface area contributed by atoms with Gasteiger partial charge >= 0.3 is 5.91 Å². The van der Waals surface area contributed by atoms with Gasteiger partial charge in [0.15, 0.2) is 16.6 Å². The molecule has 1 amide bonds. The van der Waals surface area contributed by atoms with Crippen molar-refractivity contribution in [1.82, 2.24) is 4.98 Å². The van der Waals surface area contributed by atoms with Crippen molar-refractivity contribution in [3.8, 4) is 11.5 Å². The van der Waals surface area contributed by atoms with Crippen molar-refractivity contribution in [2.75, 3.05) is 19.1 Å². The molecule has 1 aromatic heterocycles. The van der Waals surface area contributed by atoms with Gasteiger partial charge in [-0.1, -0.05) is 53.3 Å². The Morgan fingerprint density at radius 2 is 1.81 bits per heavy atom. The number of Topliss-reactive ketones (excluding diaryl/α,β-unsaturated/α-hetero) is 1. The molecule has 0 aliphatic carbocycles. The lowest BCUT2D eigenvalue weighted by Crippen LogP contribution is -2.29. The predicted molar refractivity (Wildman–Crippen MR) is 135 cm³/mol. The summed E-state index contributed by atoms with van der Waals surface area (Å²) in [5.41, 5.74) is 2.15. The lowest BCUT2D eigenvalue weighted by Gasteiger charge is -2.25. The van der Waals surface area contributed by atoms with Gasteiger partial charge in [0.2, 0.25) is 0 Å². The first-order chi connectivity index (χ1) is 17.3. The van der Waals surface area contributed by atoms with E-state index < -0.39 is 23.5 Å². The second-order valence-electron chi connectivity index (χ2n) is 8.23. The third-order valence-corrected chi connectivity index (χ3v) is 7.06. The van der Waals surface area contributed by atoms with E-state index in [1.54, 1.807) is 42.5 Å². The molecule has 0 bridgehead atoms. The van der Waals surface area contributed by atoms with E-state index in [1.807, 2.05) is 6.92 Å². The molecule has 1 saturated heterocycles. The van der Waals surface area contributed by atoms with Gasteiger partial charge < -0.3 is 14.6 Å². The van der Waals surface area contributed by atoms with Crippen LogP contribution in [0, 0.1) is 12.7 Å². The minimum absolute atomic E-state index is 0.110. The summed E-state index contributed by atoms with van der Waals surface area (Å²) in [7, 11) is 2.93. The Bertz CT molecular complexity index is 1540. The number of thiazole rings is 1. The average molecular weight is 505 g/mol. The summed E-state index contributed by atoms with van der Waals surface area (Å²) in [5, 5.41) is 11.5. The van der Waals surface area contributed by atoms with Crippen LogP contribution in [-0.2, 0) is 9.59 Å². The first-order valence-electron chi connectivity index (χ1n) is 11.0. The topological polar surface area (TPSA) is 89.0 Å². The maximum Gasteiger partial charge on any atom is 0.301 e. The molecule has 4 aromatic rings. The number of halogens is 1. The largest absolute Gasteiger partial charge is 0.507 e. The van der Waals surface area contributed by atoms with Crippen LogP contribution in [0.4, 0.5) is 9.52 Å². The lowest BCUT2D eigenvalue weighted by molar-refractivity contribution is -0.132. The number of para-hydroxylation sites is 1. The van der Waals surface area contributed by atoms with E-state index >= 15 is 0 Å². The van der Waals surface area contributed by atoms with Crippen LogP contribution in [0.25, 0.3) is 16.0 Å². The Labute approximate surface area is 210 Å². The number of nitrogens with zero attached hydrogens (tertiary/aromatic N) is 2. The second-order valence-corrected chi connectivity index (χ2v) is 9.24. The van der Waals surface area contributed by atoms with E-state index in [0.29, 0.717) is 32.8 Å². The number of ether oxygens (including phenoxy) is 2. The van der Waals surface area contributed by atoms with Crippen LogP contribution in [0.3, 0.4) is 0 Å². The third-order valence-electron chi connectivity index (χ3n) is 6.04. The summed E-state index contributed by atoms with van der Waals surface area (Å²) in [4.78, 5) is 32.6. The Balaban J connectivity index is 1.79. The highest BCUT2D eigenvalue weighted by Crippen LogP contribution is 2.48. The van der Waals surface area contributed by atoms with Crippen molar-refractivity contribution in [3.63, 3.8) is 0 Å². The lowest BCUT2D eigenvalue weighted by atomic mass is 9.94. The minimum Gasteiger partial charge on any atom is -0.507 e. The number of ketones is 1. The highest BCUT2D eigenvalue weighted by molar-refractivity contribution is 7.22. The molecular formula is C27H21FN2O5S. The first kappa shape index (κ1) is 23.5. The average Bonchev–Trinajstić information content (AvgIpc) is 3.40. The maximum atomic E-state index is 13.8. The van der Waals surface area contributed by atoms with Gasteiger partial charge in [-0.2, -0.15) is 0 Å². The SMILES string of the molecule is COc1cccc([C@H]2/C(=C(\O)c3ccc(C)cc3)C(=O)C(=O)N2c2nc3ccc(F)cc3s2)c1OC. The zero-order chi connectivity index (χ0) is 25.6. The van der Waals surface area contributed by atoms with Gasteiger partial charge in [0, 0.05) is 11.1 Å². The summed E-state index contributed by atoms with van der Waals surface area (Å²) >= 11 is 1.07. The van der Waals surface area contributed by atoms with E-state index in [2.05, 4.69) is 4.98 Å². The number of carbonyl (C=O) groups excluding carboxylic acids is 2. The van der Waals surface area contributed by atoms with E-state index in [-0.39, 0.29) is 16.5 Å². The molecule has 0 radical (unpaired) electrons. The number of anilines is 1. The third kappa shape index (κ3) is 3.77.